The van der Waals surface area contributed by atoms with E-state index in [0.29, 0.717) is 37.7 Å². The van der Waals surface area contributed by atoms with Crippen molar-refractivity contribution in [3.05, 3.63) is 89.1 Å². The Bertz CT molecular complexity index is 1560. The van der Waals surface area contributed by atoms with Gasteiger partial charge in [-0.1, -0.05) is 31.2 Å². The van der Waals surface area contributed by atoms with Gasteiger partial charge in [-0.15, -0.1) is 0 Å². The lowest BCUT2D eigenvalue weighted by Crippen LogP contribution is -2.46. The fourth-order valence-corrected chi connectivity index (χ4v) is 6.71. The average molecular weight is 662 g/mol. The number of halogens is 3. The molecule has 13 heteroatoms. The zero-order valence-electron chi connectivity index (χ0n) is 25.4. The van der Waals surface area contributed by atoms with Crippen LogP contribution in [-0.4, -0.2) is 75.3 Å². The number of amides is 1. The maximum atomic E-state index is 13.1. The van der Waals surface area contributed by atoms with E-state index in [2.05, 4.69) is 15.2 Å². The number of rotatable bonds is 11. The van der Waals surface area contributed by atoms with Gasteiger partial charge in [0.1, 0.15) is 5.82 Å². The number of carbonyl (C=O) groups is 1. The predicted octanol–water partition coefficient (Wildman–Crippen LogP) is 4.92. The largest absolute Gasteiger partial charge is 0.416 e. The first kappa shape index (κ1) is 33.8. The number of alkyl halides is 3. The third kappa shape index (κ3) is 8.06. The summed E-state index contributed by atoms with van der Waals surface area (Å²) in [7, 11) is -3.38. The molecule has 0 spiro atoms. The van der Waals surface area contributed by atoms with E-state index in [9.17, 15) is 31.5 Å². The van der Waals surface area contributed by atoms with Gasteiger partial charge in [0.2, 0.25) is 0 Å². The van der Waals surface area contributed by atoms with E-state index >= 15 is 0 Å². The van der Waals surface area contributed by atoms with Crippen LogP contribution in [0.2, 0.25) is 0 Å². The molecule has 46 heavy (non-hydrogen) atoms. The fraction of sp³-hybridized carbons (Fsp3) is 0.455. The molecule has 0 saturated carbocycles. The van der Waals surface area contributed by atoms with Crippen molar-refractivity contribution in [1.29, 1.82) is 0 Å². The number of hydrogen-bond donors (Lipinski definition) is 2. The first-order valence-electron chi connectivity index (χ1n) is 15.3. The molecule has 0 aliphatic carbocycles. The molecule has 2 aliphatic rings. The number of pyridine rings is 1. The SMILES string of the molecule is CCS(=O)(=O)c1ccc([C@H](CO)NC(=O)c2ccc(N3CC(c4ccc(C(F)(F)F)cc4)CC[C@H]3CO[C@@H]3CCOC3)nc2)cc1. The molecule has 0 bridgehead atoms. The number of aromatic nitrogens is 1. The van der Waals surface area contributed by atoms with Gasteiger partial charge in [-0.05, 0) is 66.8 Å². The minimum absolute atomic E-state index is 0.0141. The van der Waals surface area contributed by atoms with Gasteiger partial charge in [0.15, 0.2) is 9.84 Å². The number of aliphatic hydroxyl groups is 1. The zero-order valence-corrected chi connectivity index (χ0v) is 26.3. The number of sulfone groups is 1. The molecule has 2 aliphatic heterocycles. The summed E-state index contributed by atoms with van der Waals surface area (Å²) in [4.78, 5) is 20.0. The summed E-state index contributed by atoms with van der Waals surface area (Å²) < 4.78 is 75.3. The number of anilines is 1. The van der Waals surface area contributed by atoms with Crippen molar-refractivity contribution in [3.63, 3.8) is 0 Å². The molecule has 2 N–H and O–H groups in total. The number of benzene rings is 2. The van der Waals surface area contributed by atoms with Gasteiger partial charge in [-0.2, -0.15) is 13.2 Å². The summed E-state index contributed by atoms with van der Waals surface area (Å²) >= 11 is 0. The standard InChI is InChI=1S/C33H38F3N3O6S/c1-2-46(42,43)29-12-6-23(7-13-29)30(19-40)38-32(41)24-8-14-31(37-17-24)39-18-25(22-3-9-26(10-4-22)33(34,35)36)5-11-27(39)20-45-28-15-16-44-21-28/h3-4,6-10,12-14,17,25,27-28,30,40H,2,5,11,15-16,18-21H2,1H3,(H,38,41)/t25?,27-,28+,30-/m0/s1. The van der Waals surface area contributed by atoms with Crippen LogP contribution in [0.3, 0.4) is 0 Å². The molecule has 1 amide bonds. The van der Waals surface area contributed by atoms with Crippen LogP contribution in [0.25, 0.3) is 0 Å². The molecule has 2 saturated heterocycles. The Morgan fingerprint density at radius 2 is 1.83 bits per heavy atom. The monoisotopic (exact) mass is 661 g/mol. The van der Waals surface area contributed by atoms with E-state index in [4.69, 9.17) is 9.47 Å². The second-order valence-corrected chi connectivity index (χ2v) is 13.9. The van der Waals surface area contributed by atoms with Crippen molar-refractivity contribution in [2.75, 3.05) is 43.6 Å². The number of carbonyl (C=O) groups excluding carboxylic acids is 1. The molecule has 2 aromatic carbocycles. The van der Waals surface area contributed by atoms with Gasteiger partial charge in [-0.3, -0.25) is 4.79 Å². The summed E-state index contributed by atoms with van der Waals surface area (Å²) in [5.74, 6) is 0.0788. The van der Waals surface area contributed by atoms with Crippen LogP contribution in [0.5, 0.6) is 0 Å². The van der Waals surface area contributed by atoms with Crippen LogP contribution >= 0.6 is 0 Å². The number of ether oxygens (including phenoxy) is 2. The molecule has 3 heterocycles. The summed E-state index contributed by atoms with van der Waals surface area (Å²) in [5, 5.41) is 12.7. The van der Waals surface area contributed by atoms with Crippen LogP contribution in [0.15, 0.2) is 71.8 Å². The maximum absolute atomic E-state index is 13.1. The molecule has 0 radical (unpaired) electrons. The Hall–Kier alpha value is -3.52. The smallest absolute Gasteiger partial charge is 0.394 e. The molecule has 2 fully saturated rings. The van der Waals surface area contributed by atoms with Crippen molar-refractivity contribution in [2.45, 2.75) is 61.4 Å². The molecule has 1 unspecified atom stereocenters. The van der Waals surface area contributed by atoms with E-state index in [1.54, 1.807) is 31.2 Å². The van der Waals surface area contributed by atoms with Crippen molar-refractivity contribution in [2.24, 2.45) is 0 Å². The zero-order chi connectivity index (χ0) is 32.9. The summed E-state index contributed by atoms with van der Waals surface area (Å²) in [6.07, 6.45) is -0.618. The van der Waals surface area contributed by atoms with Crippen molar-refractivity contribution in [3.8, 4) is 0 Å². The van der Waals surface area contributed by atoms with Crippen molar-refractivity contribution < 1.29 is 41.0 Å². The van der Waals surface area contributed by atoms with Crippen LogP contribution in [0.1, 0.15) is 65.2 Å². The lowest BCUT2D eigenvalue weighted by atomic mass is 9.87. The van der Waals surface area contributed by atoms with Gasteiger partial charge in [0, 0.05) is 25.3 Å². The molecule has 9 nitrogen and oxygen atoms in total. The number of nitrogens with one attached hydrogen (secondary N) is 1. The minimum atomic E-state index is -4.40. The quantitative estimate of drug-likeness (QED) is 0.298. The van der Waals surface area contributed by atoms with E-state index in [1.165, 1.54) is 30.5 Å². The van der Waals surface area contributed by atoms with Crippen molar-refractivity contribution >= 4 is 21.6 Å². The molecule has 4 atom stereocenters. The first-order chi connectivity index (χ1) is 22.0. The predicted molar refractivity (Wildman–Crippen MR) is 165 cm³/mol. The third-order valence-corrected chi connectivity index (χ3v) is 10.4. The Morgan fingerprint density at radius 1 is 1.09 bits per heavy atom. The first-order valence-corrected chi connectivity index (χ1v) is 17.0. The van der Waals surface area contributed by atoms with Crippen LogP contribution in [0, 0.1) is 0 Å². The van der Waals surface area contributed by atoms with Crippen LogP contribution in [0.4, 0.5) is 19.0 Å². The molecular weight excluding hydrogens is 623 g/mol. The Balaban J connectivity index is 1.30. The molecule has 3 aromatic rings. The Labute approximate surface area is 266 Å². The Kier molecular flexibility index (Phi) is 10.7. The van der Waals surface area contributed by atoms with E-state index in [-0.39, 0.29) is 34.3 Å². The molecule has 5 rings (SSSR count). The normalized spacial score (nSPS) is 21.2. The van der Waals surface area contributed by atoms with E-state index < -0.39 is 40.1 Å². The summed E-state index contributed by atoms with van der Waals surface area (Å²) in [6.45, 7) is 3.30. The van der Waals surface area contributed by atoms with E-state index in [1.807, 2.05) is 0 Å². The lowest BCUT2D eigenvalue weighted by Gasteiger charge is -2.41. The fourth-order valence-electron chi connectivity index (χ4n) is 5.83. The van der Waals surface area contributed by atoms with Gasteiger partial charge >= 0.3 is 6.18 Å². The second kappa shape index (κ2) is 14.5. The topological polar surface area (TPSA) is 118 Å². The summed E-state index contributed by atoms with van der Waals surface area (Å²) in [5.41, 5.74) is 0.940. The van der Waals surface area contributed by atoms with Gasteiger partial charge in [-0.25, -0.2) is 13.4 Å². The summed E-state index contributed by atoms with van der Waals surface area (Å²) in [6, 6.07) is 13.9. The third-order valence-electron chi connectivity index (χ3n) is 8.64. The highest BCUT2D eigenvalue weighted by Crippen LogP contribution is 2.35. The second-order valence-electron chi connectivity index (χ2n) is 11.6. The van der Waals surface area contributed by atoms with Gasteiger partial charge < -0.3 is 24.8 Å². The Morgan fingerprint density at radius 3 is 2.41 bits per heavy atom. The lowest BCUT2D eigenvalue weighted by molar-refractivity contribution is -0.137. The molecule has 248 valence electrons. The van der Waals surface area contributed by atoms with Crippen LogP contribution < -0.4 is 10.2 Å². The number of nitrogens with zero attached hydrogens (tertiary/aromatic N) is 2. The number of hydrogen-bond acceptors (Lipinski definition) is 8. The highest BCUT2D eigenvalue weighted by atomic mass is 32.2. The number of aliphatic hydroxyl groups excluding tert-OH is 1. The highest BCUT2D eigenvalue weighted by Gasteiger charge is 2.33. The van der Waals surface area contributed by atoms with Crippen molar-refractivity contribution in [1.82, 2.24) is 10.3 Å². The number of piperidine rings is 1. The van der Waals surface area contributed by atoms with Crippen LogP contribution in [-0.2, 0) is 25.5 Å². The molecule has 1 aromatic heterocycles. The van der Waals surface area contributed by atoms with Gasteiger partial charge in [0.25, 0.3) is 5.91 Å². The minimum Gasteiger partial charge on any atom is -0.394 e. The van der Waals surface area contributed by atoms with E-state index in [0.717, 1.165) is 37.0 Å². The maximum Gasteiger partial charge on any atom is 0.416 e. The van der Waals surface area contributed by atoms with Gasteiger partial charge in [0.05, 0.1) is 59.8 Å². The highest BCUT2D eigenvalue weighted by molar-refractivity contribution is 7.91. The average Bonchev–Trinajstić information content (AvgIpc) is 3.60. The molecular formula is C33H38F3N3O6S.